The van der Waals surface area contributed by atoms with E-state index >= 15 is 0 Å². The fraction of sp³-hybridized carbons (Fsp3) is 0.933. The number of nitrogens with one attached hydrogen (secondary N) is 1. The molecule has 4 N–H and O–H groups in total. The van der Waals surface area contributed by atoms with Gasteiger partial charge >= 0.3 is 0 Å². The minimum atomic E-state index is -0.591. The van der Waals surface area contributed by atoms with E-state index in [-0.39, 0.29) is 0 Å². The monoisotopic (exact) mass is 269 g/mol. The highest BCUT2D eigenvalue weighted by molar-refractivity contribution is 5.77. The molecule has 0 unspecified atom stereocenters. The summed E-state index contributed by atoms with van der Waals surface area (Å²) in [5.74, 6) is 0.480. The maximum atomic E-state index is 10.1. The Morgan fingerprint density at radius 1 is 1.16 bits per heavy atom. The van der Waals surface area contributed by atoms with Gasteiger partial charge in [-0.05, 0) is 19.3 Å². The van der Waals surface area contributed by atoms with Crippen molar-refractivity contribution in [2.75, 3.05) is 13.1 Å². The Hall–Kier alpha value is -0.770. The molecule has 4 heteroatoms. The summed E-state index contributed by atoms with van der Waals surface area (Å²) in [6.45, 7) is 3.57. The normalized spacial score (nSPS) is 18.7. The number of nitrogens with two attached hydrogens (primary N) is 1. The third kappa shape index (κ3) is 7.41. The van der Waals surface area contributed by atoms with Gasteiger partial charge in [0.2, 0.25) is 0 Å². The molecule has 0 spiro atoms. The molecule has 0 amide bonds. The zero-order valence-electron chi connectivity index (χ0n) is 12.5. The van der Waals surface area contributed by atoms with E-state index in [1.165, 1.54) is 32.1 Å². The van der Waals surface area contributed by atoms with Crippen LogP contribution in [0.25, 0.3) is 0 Å². The Morgan fingerprint density at radius 2 is 1.79 bits per heavy atom. The molecule has 1 aliphatic carbocycles. The summed E-state index contributed by atoms with van der Waals surface area (Å²) in [4.78, 5) is 4.26. The Labute approximate surface area is 117 Å². The summed E-state index contributed by atoms with van der Waals surface area (Å²) in [6.07, 6.45) is 11.6. The number of hydrogen-bond donors (Lipinski definition) is 3. The molecule has 0 heterocycles. The number of unbranched alkanes of at least 4 members (excludes halogenated alkanes) is 5. The van der Waals surface area contributed by atoms with Crippen molar-refractivity contribution in [2.45, 2.75) is 76.7 Å². The molecule has 1 aliphatic rings. The van der Waals surface area contributed by atoms with Gasteiger partial charge in [0.05, 0.1) is 12.1 Å². The van der Waals surface area contributed by atoms with Crippen molar-refractivity contribution >= 4 is 5.96 Å². The van der Waals surface area contributed by atoms with Crippen LogP contribution < -0.4 is 11.1 Å². The Bertz CT molecular complexity index is 260. The second kappa shape index (κ2) is 9.18. The van der Waals surface area contributed by atoms with Crippen LogP contribution in [0.1, 0.15) is 71.1 Å². The molecule has 1 fully saturated rings. The second-order valence-electron chi connectivity index (χ2n) is 5.83. The molecule has 0 aromatic rings. The van der Waals surface area contributed by atoms with Gasteiger partial charge in [0.25, 0.3) is 0 Å². The first-order valence-electron chi connectivity index (χ1n) is 7.92. The molecule has 0 saturated heterocycles. The summed E-state index contributed by atoms with van der Waals surface area (Å²) < 4.78 is 0. The minimum Gasteiger partial charge on any atom is -0.388 e. The lowest BCUT2D eigenvalue weighted by Gasteiger charge is -2.19. The molecule has 4 nitrogen and oxygen atoms in total. The third-order valence-corrected chi connectivity index (χ3v) is 3.91. The van der Waals surface area contributed by atoms with Crippen molar-refractivity contribution in [1.29, 1.82) is 0 Å². The van der Waals surface area contributed by atoms with Crippen LogP contribution in [0, 0.1) is 0 Å². The quantitative estimate of drug-likeness (QED) is 0.342. The van der Waals surface area contributed by atoms with Crippen LogP contribution in [0.4, 0.5) is 0 Å². The van der Waals surface area contributed by atoms with Crippen LogP contribution in [-0.2, 0) is 0 Å². The van der Waals surface area contributed by atoms with Crippen molar-refractivity contribution in [3.05, 3.63) is 0 Å². The van der Waals surface area contributed by atoms with Gasteiger partial charge in [0, 0.05) is 6.54 Å². The zero-order chi connectivity index (χ0) is 14.0. The van der Waals surface area contributed by atoms with E-state index in [1.807, 2.05) is 0 Å². The topological polar surface area (TPSA) is 70.6 Å². The molecule has 0 aliphatic heterocycles. The van der Waals surface area contributed by atoms with Gasteiger partial charge < -0.3 is 16.2 Å². The lowest BCUT2D eigenvalue weighted by molar-refractivity contribution is 0.0575. The first-order chi connectivity index (χ1) is 9.16. The lowest BCUT2D eigenvalue weighted by atomic mass is 10.0. The smallest absolute Gasteiger partial charge is 0.188 e. The molecular weight excluding hydrogens is 238 g/mol. The number of nitrogens with zero attached hydrogens (tertiary/aromatic N) is 1. The molecule has 1 rings (SSSR count). The highest BCUT2D eigenvalue weighted by atomic mass is 16.3. The molecule has 19 heavy (non-hydrogen) atoms. The first-order valence-corrected chi connectivity index (χ1v) is 7.92. The number of guanidine groups is 1. The van der Waals surface area contributed by atoms with Crippen molar-refractivity contribution in [2.24, 2.45) is 10.7 Å². The van der Waals surface area contributed by atoms with Crippen LogP contribution in [0.15, 0.2) is 4.99 Å². The number of aliphatic hydroxyl groups is 1. The average molecular weight is 269 g/mol. The maximum absolute atomic E-state index is 10.1. The summed E-state index contributed by atoms with van der Waals surface area (Å²) >= 11 is 0. The summed E-state index contributed by atoms with van der Waals surface area (Å²) in [7, 11) is 0. The summed E-state index contributed by atoms with van der Waals surface area (Å²) in [5, 5.41) is 13.3. The minimum absolute atomic E-state index is 0.447. The second-order valence-corrected chi connectivity index (χ2v) is 5.83. The van der Waals surface area contributed by atoms with Gasteiger partial charge in [-0.3, -0.25) is 4.99 Å². The number of hydrogen-bond acceptors (Lipinski definition) is 2. The first kappa shape index (κ1) is 16.3. The number of rotatable bonds is 9. The van der Waals surface area contributed by atoms with Crippen LogP contribution in [0.3, 0.4) is 0 Å². The van der Waals surface area contributed by atoms with Crippen molar-refractivity contribution in [3.63, 3.8) is 0 Å². The van der Waals surface area contributed by atoms with E-state index in [0.29, 0.717) is 12.5 Å². The van der Waals surface area contributed by atoms with Gasteiger partial charge in [-0.15, -0.1) is 0 Å². The predicted molar refractivity (Wildman–Crippen MR) is 81.3 cm³/mol. The standard InChI is InChI=1S/C15H31N3O/c1-2-3-4-5-6-9-12-17-14(16)18-13-15(19)10-7-8-11-15/h19H,2-13H2,1H3,(H3,16,17,18). The molecule has 0 atom stereocenters. The van der Waals surface area contributed by atoms with Gasteiger partial charge in [-0.25, -0.2) is 0 Å². The Kier molecular flexibility index (Phi) is 7.87. The number of aliphatic imine (C=N–C) groups is 1. The van der Waals surface area contributed by atoms with Crippen molar-refractivity contribution in [1.82, 2.24) is 5.32 Å². The molecule has 0 bridgehead atoms. The van der Waals surface area contributed by atoms with E-state index < -0.39 is 5.60 Å². The molecule has 1 saturated carbocycles. The van der Waals surface area contributed by atoms with Gasteiger partial charge in [-0.2, -0.15) is 0 Å². The molecular formula is C15H31N3O. The van der Waals surface area contributed by atoms with E-state index in [0.717, 1.165) is 38.6 Å². The van der Waals surface area contributed by atoms with Crippen molar-refractivity contribution < 1.29 is 5.11 Å². The fourth-order valence-corrected chi connectivity index (χ4v) is 2.60. The van der Waals surface area contributed by atoms with Crippen LogP contribution in [-0.4, -0.2) is 29.8 Å². The van der Waals surface area contributed by atoms with Gasteiger partial charge in [0.1, 0.15) is 0 Å². The Morgan fingerprint density at radius 3 is 2.47 bits per heavy atom. The van der Waals surface area contributed by atoms with E-state index in [9.17, 15) is 5.11 Å². The maximum Gasteiger partial charge on any atom is 0.188 e. The highest BCUT2D eigenvalue weighted by Gasteiger charge is 2.30. The van der Waals surface area contributed by atoms with Crippen LogP contribution in [0.5, 0.6) is 0 Å². The van der Waals surface area contributed by atoms with Crippen LogP contribution in [0.2, 0.25) is 0 Å². The fourth-order valence-electron chi connectivity index (χ4n) is 2.60. The summed E-state index contributed by atoms with van der Waals surface area (Å²) in [6, 6.07) is 0. The lowest BCUT2D eigenvalue weighted by Crippen LogP contribution is -2.35. The summed E-state index contributed by atoms with van der Waals surface area (Å²) in [5.41, 5.74) is 5.21. The average Bonchev–Trinajstić information content (AvgIpc) is 2.83. The van der Waals surface area contributed by atoms with E-state index in [2.05, 4.69) is 17.2 Å². The third-order valence-electron chi connectivity index (χ3n) is 3.91. The van der Waals surface area contributed by atoms with E-state index in [1.54, 1.807) is 0 Å². The SMILES string of the molecule is CCCCCCCCNC(N)=NCC1(O)CCCC1. The van der Waals surface area contributed by atoms with Crippen molar-refractivity contribution in [3.8, 4) is 0 Å². The molecule has 0 aromatic heterocycles. The molecule has 0 aromatic carbocycles. The van der Waals surface area contributed by atoms with E-state index in [4.69, 9.17) is 5.73 Å². The van der Waals surface area contributed by atoms with Crippen LogP contribution >= 0.6 is 0 Å². The Balaban J connectivity index is 2.02. The largest absolute Gasteiger partial charge is 0.388 e. The highest BCUT2D eigenvalue weighted by Crippen LogP contribution is 2.29. The predicted octanol–water partition coefficient (Wildman–Crippen LogP) is 2.56. The zero-order valence-corrected chi connectivity index (χ0v) is 12.5. The molecule has 112 valence electrons. The van der Waals surface area contributed by atoms with Gasteiger partial charge in [0.15, 0.2) is 5.96 Å². The van der Waals surface area contributed by atoms with Gasteiger partial charge in [-0.1, -0.05) is 51.9 Å². The molecule has 0 radical (unpaired) electrons.